The summed E-state index contributed by atoms with van der Waals surface area (Å²) >= 11 is 3.54. The Morgan fingerprint density at radius 3 is 2.72 bits per heavy atom. The summed E-state index contributed by atoms with van der Waals surface area (Å²) in [5.41, 5.74) is 8.07. The first-order chi connectivity index (χ1) is 12.0. The second-order valence-corrected chi connectivity index (χ2v) is 6.73. The van der Waals surface area contributed by atoms with Crippen LogP contribution in [0.5, 0.6) is 5.75 Å². The van der Waals surface area contributed by atoms with E-state index in [1.54, 1.807) is 12.4 Å². The van der Waals surface area contributed by atoms with E-state index in [-0.39, 0.29) is 17.6 Å². The van der Waals surface area contributed by atoms with Crippen LogP contribution in [-0.4, -0.2) is 21.0 Å². The van der Waals surface area contributed by atoms with Gasteiger partial charge in [0.05, 0.1) is 5.69 Å². The third-order valence-corrected chi connectivity index (χ3v) is 4.98. The molecule has 2 heterocycles. The zero-order chi connectivity index (χ0) is 18.0. The number of phenolic OH excluding ortho intramolecular Hbond substituents is 1. The number of nitrogens with zero attached hydrogens (tertiary/aromatic N) is 2. The minimum Gasteiger partial charge on any atom is -0.505 e. The fourth-order valence-corrected chi connectivity index (χ4v) is 3.47. The quantitative estimate of drug-likeness (QED) is 0.682. The smallest absolute Gasteiger partial charge is 0.220 e. The van der Waals surface area contributed by atoms with Gasteiger partial charge < -0.3 is 10.8 Å². The summed E-state index contributed by atoms with van der Waals surface area (Å²) in [6.07, 6.45) is 4.43. The van der Waals surface area contributed by atoms with E-state index < -0.39 is 0 Å². The zero-order valence-electron chi connectivity index (χ0n) is 13.7. The number of nitrogens with two attached hydrogens (primary N) is 1. The first-order valence-electron chi connectivity index (χ1n) is 8.02. The molecule has 0 fully saturated rings. The minimum absolute atomic E-state index is 0.0749. The fourth-order valence-electron chi connectivity index (χ4n) is 2.93. The zero-order valence-corrected chi connectivity index (χ0v) is 15.3. The molecule has 0 spiro atoms. The first kappa shape index (κ1) is 17.4. The van der Waals surface area contributed by atoms with E-state index in [0.29, 0.717) is 29.6 Å². The standard InChI is InChI=1S/C19H18BrN3O2/c1-2-11(19(21)25)9-12-5-3-7-22-16(12)14-10-15(20)13-6-4-8-23-17(13)18(14)24/h3-8,10-11,24H,2,9H2,1H3,(H2,21,25). The number of hydrogen-bond acceptors (Lipinski definition) is 4. The Labute approximate surface area is 154 Å². The number of carbonyl (C=O) groups excluding carboxylic acids is 1. The van der Waals surface area contributed by atoms with Gasteiger partial charge in [0.25, 0.3) is 0 Å². The monoisotopic (exact) mass is 399 g/mol. The molecule has 0 aliphatic rings. The average molecular weight is 400 g/mol. The summed E-state index contributed by atoms with van der Waals surface area (Å²) in [5, 5.41) is 11.6. The number of carbonyl (C=O) groups is 1. The molecule has 6 heteroatoms. The molecule has 3 aromatic rings. The Hall–Kier alpha value is -2.47. The van der Waals surface area contributed by atoms with Crippen molar-refractivity contribution in [2.75, 3.05) is 0 Å². The number of rotatable bonds is 5. The lowest BCUT2D eigenvalue weighted by Crippen LogP contribution is -2.24. The van der Waals surface area contributed by atoms with Gasteiger partial charge in [-0.2, -0.15) is 0 Å². The lowest BCUT2D eigenvalue weighted by atomic mass is 9.93. The summed E-state index contributed by atoms with van der Waals surface area (Å²) in [7, 11) is 0. The molecule has 128 valence electrons. The molecule has 3 rings (SSSR count). The molecule has 3 N–H and O–H groups in total. The SMILES string of the molecule is CCC(Cc1cccnc1-c1cc(Br)c2cccnc2c1O)C(N)=O. The van der Waals surface area contributed by atoms with Crippen LogP contribution in [0.15, 0.2) is 47.2 Å². The maximum atomic E-state index is 11.6. The van der Waals surface area contributed by atoms with Gasteiger partial charge in [-0.25, -0.2) is 0 Å². The number of aromatic hydroxyl groups is 1. The predicted octanol–water partition coefficient (Wildman–Crippen LogP) is 3.82. The van der Waals surface area contributed by atoms with Crippen molar-refractivity contribution in [3.8, 4) is 17.0 Å². The Kier molecular flexibility index (Phi) is 4.99. The van der Waals surface area contributed by atoms with Crippen LogP contribution < -0.4 is 5.73 Å². The Balaban J connectivity index is 2.16. The highest BCUT2D eigenvalue weighted by Crippen LogP contribution is 2.39. The predicted molar refractivity (Wildman–Crippen MR) is 101 cm³/mol. The van der Waals surface area contributed by atoms with Crippen LogP contribution in [0.4, 0.5) is 0 Å². The Bertz CT molecular complexity index is 943. The maximum absolute atomic E-state index is 11.6. The van der Waals surface area contributed by atoms with Crippen LogP contribution in [0.3, 0.4) is 0 Å². The van der Waals surface area contributed by atoms with Gasteiger partial charge in [-0.15, -0.1) is 0 Å². The summed E-state index contributed by atoms with van der Waals surface area (Å²) < 4.78 is 0.821. The molecule has 1 amide bonds. The molecule has 0 saturated carbocycles. The summed E-state index contributed by atoms with van der Waals surface area (Å²) in [6, 6.07) is 9.25. The molecule has 0 saturated heterocycles. The highest BCUT2D eigenvalue weighted by molar-refractivity contribution is 9.10. The van der Waals surface area contributed by atoms with Crippen molar-refractivity contribution in [3.63, 3.8) is 0 Å². The lowest BCUT2D eigenvalue weighted by molar-refractivity contribution is -0.121. The highest BCUT2D eigenvalue weighted by atomic mass is 79.9. The van der Waals surface area contributed by atoms with E-state index in [9.17, 15) is 9.90 Å². The van der Waals surface area contributed by atoms with Crippen molar-refractivity contribution in [2.24, 2.45) is 11.7 Å². The number of phenols is 1. The van der Waals surface area contributed by atoms with E-state index in [1.165, 1.54) is 0 Å². The third kappa shape index (κ3) is 3.35. The van der Waals surface area contributed by atoms with Crippen molar-refractivity contribution < 1.29 is 9.90 Å². The maximum Gasteiger partial charge on any atom is 0.220 e. The number of primary amides is 1. The lowest BCUT2D eigenvalue weighted by Gasteiger charge is -2.15. The molecular weight excluding hydrogens is 382 g/mol. The number of fused-ring (bicyclic) bond motifs is 1. The molecule has 2 aromatic heterocycles. The average Bonchev–Trinajstić information content (AvgIpc) is 2.63. The van der Waals surface area contributed by atoms with E-state index in [0.717, 1.165) is 15.4 Å². The molecule has 0 bridgehead atoms. The van der Waals surface area contributed by atoms with Crippen molar-refractivity contribution >= 4 is 32.7 Å². The van der Waals surface area contributed by atoms with Crippen LogP contribution in [-0.2, 0) is 11.2 Å². The van der Waals surface area contributed by atoms with E-state index >= 15 is 0 Å². The minimum atomic E-state index is -0.331. The largest absolute Gasteiger partial charge is 0.505 e. The van der Waals surface area contributed by atoms with Crippen LogP contribution in [0, 0.1) is 5.92 Å². The third-order valence-electron chi connectivity index (χ3n) is 4.32. The summed E-state index contributed by atoms with van der Waals surface area (Å²) in [6.45, 7) is 1.93. The van der Waals surface area contributed by atoms with Gasteiger partial charge in [-0.05, 0) is 36.6 Å². The van der Waals surface area contributed by atoms with E-state index in [2.05, 4.69) is 25.9 Å². The summed E-state index contributed by atoms with van der Waals surface area (Å²) in [4.78, 5) is 20.3. The normalized spacial score (nSPS) is 12.2. The molecule has 25 heavy (non-hydrogen) atoms. The molecule has 1 aromatic carbocycles. The van der Waals surface area contributed by atoms with Gasteiger partial charge in [0.15, 0.2) is 5.75 Å². The van der Waals surface area contributed by atoms with Crippen LogP contribution in [0.1, 0.15) is 18.9 Å². The summed E-state index contributed by atoms with van der Waals surface area (Å²) in [5.74, 6) is -0.527. The fraction of sp³-hybridized carbons (Fsp3) is 0.211. The number of amides is 1. The van der Waals surface area contributed by atoms with Crippen molar-refractivity contribution in [1.82, 2.24) is 9.97 Å². The second-order valence-electron chi connectivity index (χ2n) is 5.88. The van der Waals surface area contributed by atoms with E-state index in [4.69, 9.17) is 5.73 Å². The number of benzene rings is 1. The number of pyridine rings is 2. The highest BCUT2D eigenvalue weighted by Gasteiger charge is 2.20. The van der Waals surface area contributed by atoms with Gasteiger partial charge in [0.1, 0.15) is 5.52 Å². The molecule has 0 aliphatic heterocycles. The van der Waals surface area contributed by atoms with Crippen molar-refractivity contribution in [3.05, 3.63) is 52.8 Å². The van der Waals surface area contributed by atoms with Crippen LogP contribution >= 0.6 is 15.9 Å². The van der Waals surface area contributed by atoms with Gasteiger partial charge >= 0.3 is 0 Å². The van der Waals surface area contributed by atoms with Gasteiger partial charge in [0.2, 0.25) is 5.91 Å². The molecule has 1 unspecified atom stereocenters. The van der Waals surface area contributed by atoms with Crippen LogP contribution in [0.25, 0.3) is 22.2 Å². The topological polar surface area (TPSA) is 89.1 Å². The molecule has 5 nitrogen and oxygen atoms in total. The molecular formula is C19H18BrN3O2. The van der Waals surface area contributed by atoms with Crippen molar-refractivity contribution in [2.45, 2.75) is 19.8 Å². The molecule has 0 radical (unpaired) electrons. The Morgan fingerprint density at radius 2 is 2.00 bits per heavy atom. The number of aromatic nitrogens is 2. The molecule has 0 aliphatic carbocycles. The van der Waals surface area contributed by atoms with E-state index in [1.807, 2.05) is 37.3 Å². The van der Waals surface area contributed by atoms with Gasteiger partial charge in [-0.1, -0.05) is 35.0 Å². The van der Waals surface area contributed by atoms with Crippen molar-refractivity contribution in [1.29, 1.82) is 0 Å². The molecule has 1 atom stereocenters. The number of hydrogen-bond donors (Lipinski definition) is 2. The van der Waals surface area contributed by atoms with Gasteiger partial charge in [-0.3, -0.25) is 14.8 Å². The van der Waals surface area contributed by atoms with Crippen LogP contribution in [0.2, 0.25) is 0 Å². The van der Waals surface area contributed by atoms with Gasteiger partial charge in [0, 0.05) is 33.7 Å². The second kappa shape index (κ2) is 7.19. The first-order valence-corrected chi connectivity index (χ1v) is 8.82. The Morgan fingerprint density at radius 1 is 1.28 bits per heavy atom. The number of halogens is 1.